The summed E-state index contributed by atoms with van der Waals surface area (Å²) in [5.41, 5.74) is 0. The Hall–Kier alpha value is 0.210. The quantitative estimate of drug-likeness (QED) is 0.620. The van der Waals surface area contributed by atoms with Crippen molar-refractivity contribution in [1.29, 1.82) is 0 Å². The van der Waals surface area contributed by atoms with Gasteiger partial charge in [0.05, 0.1) is 5.02 Å². The summed E-state index contributed by atoms with van der Waals surface area (Å²) in [6, 6.07) is 3.32. The fraction of sp³-hybridized carbons (Fsp3) is 0. The van der Waals surface area contributed by atoms with E-state index in [9.17, 15) is 0 Å². The van der Waals surface area contributed by atoms with Crippen LogP contribution in [0.3, 0.4) is 0 Å². The van der Waals surface area contributed by atoms with Gasteiger partial charge in [-0.05, 0) is 28.1 Å². The average Bonchev–Trinajstić information content (AvgIpc) is 1.80. The fourth-order valence-electron chi connectivity index (χ4n) is 0.395. The molecule has 4 heteroatoms. The molecule has 0 aliphatic rings. The van der Waals surface area contributed by atoms with Gasteiger partial charge in [0.1, 0.15) is 9.76 Å². The Morgan fingerprint density at radius 1 is 1.33 bits per heavy atom. The Balaban J connectivity index is 3.17. The second kappa shape index (κ2) is 2.86. The lowest BCUT2D eigenvalue weighted by Crippen LogP contribution is -1.75. The molecule has 0 saturated heterocycles. The molecule has 0 fully saturated rings. The van der Waals surface area contributed by atoms with E-state index >= 15 is 0 Å². The van der Waals surface area contributed by atoms with Crippen molar-refractivity contribution in [3.8, 4) is 0 Å². The number of hydrogen-bond acceptors (Lipinski definition) is 1. The first-order chi connectivity index (χ1) is 4.20. The van der Waals surface area contributed by atoms with Crippen LogP contribution < -0.4 is 0 Å². The molecule has 0 amide bonds. The van der Waals surface area contributed by atoms with Crippen LogP contribution in [0.1, 0.15) is 0 Å². The molecule has 0 unspecified atom stereocenters. The van der Waals surface area contributed by atoms with E-state index in [1.54, 1.807) is 12.1 Å². The van der Waals surface area contributed by atoms with Gasteiger partial charge in [0.2, 0.25) is 0 Å². The van der Waals surface area contributed by atoms with Crippen molar-refractivity contribution in [2.24, 2.45) is 0 Å². The molecule has 0 saturated carbocycles. The largest absolute Gasteiger partial charge is 0.228 e. The number of nitrogens with zero attached hydrogens (tertiary/aromatic N) is 1. The Kier molecular flexibility index (Phi) is 2.33. The summed E-state index contributed by atoms with van der Waals surface area (Å²) in [5, 5.41) is 1.01. The topological polar surface area (TPSA) is 12.9 Å². The highest BCUT2D eigenvalue weighted by Crippen LogP contribution is 2.21. The summed E-state index contributed by atoms with van der Waals surface area (Å²) in [7, 11) is 0. The molecule has 0 bridgehead atoms. The maximum absolute atomic E-state index is 5.61. The van der Waals surface area contributed by atoms with E-state index < -0.39 is 0 Å². The zero-order valence-corrected chi connectivity index (χ0v) is 7.33. The highest BCUT2D eigenvalue weighted by molar-refractivity contribution is 9.10. The molecule has 0 atom stereocenters. The Labute approximate surface area is 71.1 Å². The highest BCUT2D eigenvalue weighted by Gasteiger charge is 1.96. The molecule has 1 aromatic heterocycles. The van der Waals surface area contributed by atoms with Gasteiger partial charge in [-0.15, -0.1) is 0 Å². The third-order valence-electron chi connectivity index (χ3n) is 0.769. The first-order valence-corrected chi connectivity index (χ1v) is 3.72. The van der Waals surface area contributed by atoms with E-state index in [2.05, 4.69) is 20.9 Å². The molecule has 1 heterocycles. The van der Waals surface area contributed by atoms with Gasteiger partial charge in [0.15, 0.2) is 0 Å². The van der Waals surface area contributed by atoms with Gasteiger partial charge in [0.25, 0.3) is 0 Å². The summed E-state index contributed by atoms with van der Waals surface area (Å²) in [6.07, 6.45) is 0. The monoisotopic (exact) mass is 225 g/mol. The maximum atomic E-state index is 5.61. The third kappa shape index (κ3) is 1.81. The van der Waals surface area contributed by atoms with Gasteiger partial charge < -0.3 is 0 Å². The number of rotatable bonds is 0. The zero-order valence-electron chi connectivity index (χ0n) is 4.24. The van der Waals surface area contributed by atoms with Crippen LogP contribution in [0, 0.1) is 0 Å². The molecule has 1 aromatic rings. The van der Waals surface area contributed by atoms with Crippen LogP contribution in [0.4, 0.5) is 0 Å². The molecular weight excluding hydrogens is 225 g/mol. The standard InChI is InChI=1S/C5H2BrCl2N/c6-5-3(7)1-2-4(8)9-5/h1-2H. The minimum atomic E-state index is 0.436. The molecule has 0 aromatic carbocycles. The molecule has 1 rings (SSSR count). The van der Waals surface area contributed by atoms with Crippen LogP contribution >= 0.6 is 39.1 Å². The molecule has 48 valence electrons. The lowest BCUT2D eigenvalue weighted by molar-refractivity contribution is 1.28. The summed E-state index contributed by atoms with van der Waals surface area (Å²) in [4.78, 5) is 3.82. The number of pyridine rings is 1. The average molecular weight is 227 g/mol. The van der Waals surface area contributed by atoms with Crippen molar-refractivity contribution in [2.45, 2.75) is 0 Å². The minimum absolute atomic E-state index is 0.436. The summed E-state index contributed by atoms with van der Waals surface area (Å²) in [5.74, 6) is 0. The molecule has 0 aliphatic carbocycles. The third-order valence-corrected chi connectivity index (χ3v) is 2.12. The van der Waals surface area contributed by atoms with Gasteiger partial charge in [-0.3, -0.25) is 0 Å². The van der Waals surface area contributed by atoms with Gasteiger partial charge in [-0.25, -0.2) is 4.98 Å². The first-order valence-electron chi connectivity index (χ1n) is 2.17. The second-order valence-corrected chi connectivity index (χ2v) is 2.95. The van der Waals surface area contributed by atoms with Crippen LogP contribution in [0.2, 0.25) is 10.2 Å². The number of hydrogen-bond donors (Lipinski definition) is 0. The van der Waals surface area contributed by atoms with Crippen LogP contribution in [-0.4, -0.2) is 4.98 Å². The van der Waals surface area contributed by atoms with Crippen molar-refractivity contribution in [1.82, 2.24) is 4.98 Å². The Morgan fingerprint density at radius 3 is 2.44 bits per heavy atom. The fourth-order valence-corrected chi connectivity index (χ4v) is 1.07. The van der Waals surface area contributed by atoms with Gasteiger partial charge in [-0.2, -0.15) is 0 Å². The van der Waals surface area contributed by atoms with E-state index in [-0.39, 0.29) is 0 Å². The van der Waals surface area contributed by atoms with E-state index in [1.165, 1.54) is 0 Å². The Morgan fingerprint density at radius 2 is 2.00 bits per heavy atom. The summed E-state index contributed by atoms with van der Waals surface area (Å²) < 4.78 is 0.580. The number of aromatic nitrogens is 1. The van der Waals surface area contributed by atoms with Crippen molar-refractivity contribution >= 4 is 39.1 Å². The second-order valence-electron chi connectivity index (χ2n) is 1.41. The molecule has 0 N–H and O–H groups in total. The lowest BCUT2D eigenvalue weighted by atomic mass is 10.5. The van der Waals surface area contributed by atoms with Gasteiger partial charge >= 0.3 is 0 Å². The van der Waals surface area contributed by atoms with Gasteiger partial charge in [0, 0.05) is 0 Å². The van der Waals surface area contributed by atoms with E-state index in [4.69, 9.17) is 23.2 Å². The maximum Gasteiger partial charge on any atom is 0.130 e. The predicted octanol–water partition coefficient (Wildman–Crippen LogP) is 3.15. The highest BCUT2D eigenvalue weighted by atomic mass is 79.9. The van der Waals surface area contributed by atoms with E-state index in [0.717, 1.165) is 0 Å². The summed E-state index contributed by atoms with van der Waals surface area (Å²) in [6.45, 7) is 0. The van der Waals surface area contributed by atoms with Gasteiger partial charge in [-0.1, -0.05) is 23.2 Å². The van der Waals surface area contributed by atoms with E-state index in [1.807, 2.05) is 0 Å². The SMILES string of the molecule is Clc1ccc(Cl)c(Br)n1. The van der Waals surface area contributed by atoms with Crippen LogP contribution in [0.25, 0.3) is 0 Å². The van der Waals surface area contributed by atoms with Crippen molar-refractivity contribution in [2.75, 3.05) is 0 Å². The zero-order chi connectivity index (χ0) is 6.85. The lowest BCUT2D eigenvalue weighted by Gasteiger charge is -1.92. The first kappa shape index (κ1) is 7.32. The molecule has 0 spiro atoms. The van der Waals surface area contributed by atoms with E-state index in [0.29, 0.717) is 14.8 Å². The van der Waals surface area contributed by atoms with Crippen molar-refractivity contribution < 1.29 is 0 Å². The molecule has 0 aliphatic heterocycles. The van der Waals surface area contributed by atoms with Crippen LogP contribution in [0.15, 0.2) is 16.7 Å². The normalized spacial score (nSPS) is 9.67. The molecule has 9 heavy (non-hydrogen) atoms. The smallest absolute Gasteiger partial charge is 0.130 e. The molecule has 1 nitrogen and oxygen atoms in total. The molecular formula is C5H2BrCl2N. The minimum Gasteiger partial charge on any atom is -0.228 e. The van der Waals surface area contributed by atoms with Crippen molar-refractivity contribution in [3.05, 3.63) is 26.9 Å². The van der Waals surface area contributed by atoms with Crippen LogP contribution in [-0.2, 0) is 0 Å². The summed E-state index contributed by atoms with van der Waals surface area (Å²) >= 11 is 14.2. The van der Waals surface area contributed by atoms with Crippen molar-refractivity contribution in [3.63, 3.8) is 0 Å². The Bertz CT molecular complexity index is 226. The molecule has 0 radical (unpaired) electrons. The predicted molar refractivity (Wildman–Crippen MR) is 42.0 cm³/mol. The van der Waals surface area contributed by atoms with Crippen LogP contribution in [0.5, 0.6) is 0 Å². The number of halogens is 3.